The number of aromatic nitrogens is 1. The highest BCUT2D eigenvalue weighted by Gasteiger charge is 2.09. The lowest BCUT2D eigenvalue weighted by molar-refractivity contribution is -0.113. The molecule has 30 heavy (non-hydrogen) atoms. The van der Waals surface area contributed by atoms with E-state index in [1.54, 1.807) is 47.6 Å². The monoisotopic (exact) mass is 433 g/mol. The number of fused-ring (bicyclic) bond motifs is 1. The Labute approximate surface area is 182 Å². The molecule has 4 rings (SSSR count). The molecule has 0 atom stereocenters. The first kappa shape index (κ1) is 20.1. The lowest BCUT2D eigenvalue weighted by Crippen LogP contribution is -2.15. The summed E-state index contributed by atoms with van der Waals surface area (Å²) in [7, 11) is 0. The summed E-state index contributed by atoms with van der Waals surface area (Å²) in [6.07, 6.45) is 1.64. The van der Waals surface area contributed by atoms with E-state index < -0.39 is 0 Å². The molecule has 4 aromatic rings. The molecule has 0 aliphatic carbocycles. The number of benzene rings is 3. The van der Waals surface area contributed by atoms with Gasteiger partial charge in [-0.15, -0.1) is 23.1 Å². The third-order valence-corrected chi connectivity index (χ3v) is 6.12. The Morgan fingerprint density at radius 1 is 0.933 bits per heavy atom. The van der Waals surface area contributed by atoms with Gasteiger partial charge >= 0.3 is 0 Å². The van der Waals surface area contributed by atoms with Crippen LogP contribution in [0.25, 0.3) is 10.8 Å². The molecule has 0 unspecified atom stereocenters. The molecule has 0 aliphatic rings. The topological polar surface area (TPSA) is 71.1 Å². The van der Waals surface area contributed by atoms with Crippen LogP contribution in [0.1, 0.15) is 15.9 Å². The Morgan fingerprint density at radius 2 is 1.73 bits per heavy atom. The van der Waals surface area contributed by atoms with Crippen molar-refractivity contribution in [3.63, 3.8) is 0 Å². The van der Waals surface area contributed by atoms with Gasteiger partial charge in [0.2, 0.25) is 5.91 Å². The van der Waals surface area contributed by atoms with Crippen LogP contribution in [0.4, 0.5) is 10.8 Å². The zero-order chi connectivity index (χ0) is 20.8. The van der Waals surface area contributed by atoms with Crippen LogP contribution in [0.5, 0.6) is 0 Å². The van der Waals surface area contributed by atoms with E-state index >= 15 is 0 Å². The van der Waals surface area contributed by atoms with Crippen molar-refractivity contribution in [1.29, 1.82) is 0 Å². The van der Waals surface area contributed by atoms with Crippen LogP contribution in [-0.4, -0.2) is 22.6 Å². The number of thiazole rings is 1. The molecule has 7 heteroatoms. The predicted molar refractivity (Wildman–Crippen MR) is 125 cm³/mol. The molecule has 0 saturated carbocycles. The lowest BCUT2D eigenvalue weighted by atomic mass is 10.1. The third kappa shape index (κ3) is 5.06. The van der Waals surface area contributed by atoms with Crippen molar-refractivity contribution in [2.24, 2.45) is 0 Å². The van der Waals surface area contributed by atoms with Gasteiger partial charge in [-0.1, -0.05) is 42.5 Å². The van der Waals surface area contributed by atoms with Crippen LogP contribution in [0.3, 0.4) is 0 Å². The molecule has 2 N–H and O–H groups in total. The second-order valence-corrected chi connectivity index (χ2v) is 8.43. The van der Waals surface area contributed by atoms with Gasteiger partial charge in [0.25, 0.3) is 5.91 Å². The minimum absolute atomic E-state index is 0.0692. The predicted octanol–water partition coefficient (Wildman–Crippen LogP) is 5.42. The molecular weight excluding hydrogens is 414 g/mol. The number of hydrogen-bond donors (Lipinski definition) is 2. The quantitative estimate of drug-likeness (QED) is 0.408. The van der Waals surface area contributed by atoms with E-state index in [9.17, 15) is 9.59 Å². The summed E-state index contributed by atoms with van der Waals surface area (Å²) in [5, 5.41) is 10.4. The Kier molecular flexibility index (Phi) is 6.41. The molecule has 0 bridgehead atoms. The number of nitrogens with one attached hydrogen (secondary N) is 2. The maximum absolute atomic E-state index is 12.3. The third-order valence-electron chi connectivity index (χ3n) is 4.45. The van der Waals surface area contributed by atoms with Crippen molar-refractivity contribution in [3.8, 4) is 0 Å². The van der Waals surface area contributed by atoms with Crippen LogP contribution in [0.15, 0.2) is 78.3 Å². The van der Waals surface area contributed by atoms with Crippen molar-refractivity contribution in [1.82, 2.24) is 4.98 Å². The van der Waals surface area contributed by atoms with Gasteiger partial charge < -0.3 is 5.32 Å². The van der Waals surface area contributed by atoms with E-state index in [-0.39, 0.29) is 11.8 Å². The SMILES string of the molecule is O=C(CSCc1cccc2ccccc12)Nc1ccc(C(=O)Nc2nccs2)cc1. The second-order valence-electron chi connectivity index (χ2n) is 6.55. The molecule has 0 spiro atoms. The number of carbonyl (C=O) groups excluding carboxylic acids is 2. The van der Waals surface area contributed by atoms with E-state index in [2.05, 4.69) is 39.9 Å². The summed E-state index contributed by atoms with van der Waals surface area (Å²) >= 11 is 2.94. The summed E-state index contributed by atoms with van der Waals surface area (Å²) < 4.78 is 0. The van der Waals surface area contributed by atoms with Crippen molar-refractivity contribution in [3.05, 3.63) is 89.4 Å². The van der Waals surface area contributed by atoms with Gasteiger partial charge in [0.1, 0.15) is 0 Å². The fourth-order valence-corrected chi connectivity index (χ4v) is 4.38. The van der Waals surface area contributed by atoms with E-state index in [0.717, 1.165) is 5.75 Å². The van der Waals surface area contributed by atoms with Gasteiger partial charge in [0.15, 0.2) is 5.13 Å². The van der Waals surface area contributed by atoms with Gasteiger partial charge in [0, 0.05) is 28.6 Å². The highest BCUT2D eigenvalue weighted by molar-refractivity contribution is 7.99. The van der Waals surface area contributed by atoms with E-state index in [1.807, 2.05) is 18.2 Å². The summed E-state index contributed by atoms with van der Waals surface area (Å²) in [5.41, 5.74) is 2.39. The lowest BCUT2D eigenvalue weighted by Gasteiger charge is -2.08. The van der Waals surface area contributed by atoms with Crippen LogP contribution in [0, 0.1) is 0 Å². The molecule has 0 fully saturated rings. The standard InChI is InChI=1S/C23H19N3O2S2/c27-21(15-29-14-18-6-3-5-16-4-1-2-7-20(16)18)25-19-10-8-17(9-11-19)22(28)26-23-24-12-13-30-23/h1-13H,14-15H2,(H,25,27)(H,24,26,28). The maximum atomic E-state index is 12.3. The second kappa shape index (κ2) is 9.56. The maximum Gasteiger partial charge on any atom is 0.257 e. The zero-order valence-electron chi connectivity index (χ0n) is 16.0. The molecule has 2 amide bonds. The Hall–Kier alpha value is -3.16. The summed E-state index contributed by atoms with van der Waals surface area (Å²) in [4.78, 5) is 28.5. The number of carbonyl (C=O) groups is 2. The van der Waals surface area contributed by atoms with Crippen molar-refractivity contribution >= 4 is 56.5 Å². The minimum atomic E-state index is -0.228. The number of nitrogens with zero attached hydrogens (tertiary/aromatic N) is 1. The highest BCUT2D eigenvalue weighted by Crippen LogP contribution is 2.23. The number of anilines is 2. The normalized spacial score (nSPS) is 10.7. The van der Waals surface area contributed by atoms with E-state index in [1.165, 1.54) is 27.7 Å². The first-order valence-electron chi connectivity index (χ1n) is 9.34. The van der Waals surface area contributed by atoms with Gasteiger partial charge in [-0.3, -0.25) is 14.9 Å². The molecule has 3 aromatic carbocycles. The molecular formula is C23H19N3O2S2. The van der Waals surface area contributed by atoms with E-state index in [4.69, 9.17) is 0 Å². The number of thioether (sulfide) groups is 1. The van der Waals surface area contributed by atoms with Crippen LogP contribution < -0.4 is 10.6 Å². The highest BCUT2D eigenvalue weighted by atomic mass is 32.2. The van der Waals surface area contributed by atoms with Gasteiger partial charge in [-0.2, -0.15) is 0 Å². The van der Waals surface area contributed by atoms with Crippen LogP contribution >= 0.6 is 23.1 Å². The molecule has 5 nitrogen and oxygen atoms in total. The zero-order valence-corrected chi connectivity index (χ0v) is 17.6. The number of amides is 2. The fourth-order valence-electron chi connectivity index (χ4n) is 3.03. The Balaban J connectivity index is 1.28. The largest absolute Gasteiger partial charge is 0.325 e. The summed E-state index contributed by atoms with van der Waals surface area (Å²) in [6, 6.07) is 21.3. The Bertz CT molecular complexity index is 1150. The van der Waals surface area contributed by atoms with Gasteiger partial charge in [-0.05, 0) is 40.6 Å². The Morgan fingerprint density at radius 3 is 2.53 bits per heavy atom. The average molecular weight is 434 g/mol. The first-order chi connectivity index (χ1) is 14.7. The first-order valence-corrected chi connectivity index (χ1v) is 11.4. The van der Waals surface area contributed by atoms with Gasteiger partial charge in [-0.25, -0.2) is 4.98 Å². The smallest absolute Gasteiger partial charge is 0.257 e. The van der Waals surface area contributed by atoms with Crippen molar-refractivity contribution in [2.45, 2.75) is 5.75 Å². The number of rotatable bonds is 7. The summed E-state index contributed by atoms with van der Waals surface area (Å²) in [5.74, 6) is 0.828. The molecule has 1 aromatic heterocycles. The fraction of sp³-hybridized carbons (Fsp3) is 0.0870. The number of hydrogen-bond acceptors (Lipinski definition) is 5. The minimum Gasteiger partial charge on any atom is -0.325 e. The van der Waals surface area contributed by atoms with Crippen LogP contribution in [-0.2, 0) is 10.5 Å². The van der Waals surface area contributed by atoms with Crippen molar-refractivity contribution < 1.29 is 9.59 Å². The molecule has 150 valence electrons. The van der Waals surface area contributed by atoms with E-state index in [0.29, 0.717) is 22.1 Å². The summed E-state index contributed by atoms with van der Waals surface area (Å²) in [6.45, 7) is 0. The average Bonchev–Trinajstić information content (AvgIpc) is 3.27. The molecule has 0 aliphatic heterocycles. The molecule has 0 saturated heterocycles. The van der Waals surface area contributed by atoms with Gasteiger partial charge in [0.05, 0.1) is 5.75 Å². The molecule has 1 heterocycles. The van der Waals surface area contributed by atoms with Crippen LogP contribution in [0.2, 0.25) is 0 Å². The van der Waals surface area contributed by atoms with Crippen molar-refractivity contribution in [2.75, 3.05) is 16.4 Å². The molecule has 0 radical (unpaired) electrons.